The highest BCUT2D eigenvalue weighted by molar-refractivity contribution is 5.88. The van der Waals surface area contributed by atoms with Crippen molar-refractivity contribution in [2.24, 2.45) is 0 Å². The van der Waals surface area contributed by atoms with Gasteiger partial charge in [-0.15, -0.1) is 0 Å². The summed E-state index contributed by atoms with van der Waals surface area (Å²) in [6, 6.07) is 12.5. The second kappa shape index (κ2) is 6.31. The number of ether oxygens (including phenoxy) is 1. The zero-order chi connectivity index (χ0) is 17.3. The fourth-order valence-corrected chi connectivity index (χ4v) is 3.09. The summed E-state index contributed by atoms with van der Waals surface area (Å²) in [7, 11) is 1.62. The van der Waals surface area contributed by atoms with Gasteiger partial charge in [0.25, 0.3) is 5.69 Å². The molecule has 6 nitrogen and oxygen atoms in total. The molecule has 0 radical (unpaired) electrons. The van der Waals surface area contributed by atoms with E-state index in [-0.39, 0.29) is 17.4 Å². The molecule has 0 fully saturated rings. The molecule has 1 aliphatic heterocycles. The molecule has 0 amide bonds. The quantitative estimate of drug-likeness (QED) is 0.622. The van der Waals surface area contributed by atoms with Gasteiger partial charge in [-0.1, -0.05) is 12.1 Å². The van der Waals surface area contributed by atoms with E-state index in [1.807, 2.05) is 24.3 Å². The summed E-state index contributed by atoms with van der Waals surface area (Å²) >= 11 is 0. The molecule has 0 aliphatic carbocycles. The van der Waals surface area contributed by atoms with Crippen LogP contribution in [-0.2, 0) is 11.3 Å². The minimum atomic E-state index is -0.427. The van der Waals surface area contributed by atoms with Crippen LogP contribution in [0.25, 0.3) is 0 Å². The number of carbonyl (C=O) groups is 1. The lowest BCUT2D eigenvalue weighted by atomic mass is 9.97. The monoisotopic (exact) mass is 326 g/mol. The van der Waals surface area contributed by atoms with Gasteiger partial charge >= 0.3 is 0 Å². The number of anilines is 1. The van der Waals surface area contributed by atoms with Crippen molar-refractivity contribution in [3.05, 3.63) is 63.7 Å². The van der Waals surface area contributed by atoms with Crippen molar-refractivity contribution in [3.8, 4) is 5.75 Å². The minimum Gasteiger partial charge on any atom is -0.497 e. The molecule has 0 saturated heterocycles. The maximum atomic E-state index is 12.0. The average Bonchev–Trinajstić information content (AvgIpc) is 2.93. The average molecular weight is 326 g/mol. The van der Waals surface area contributed by atoms with Crippen molar-refractivity contribution >= 4 is 17.2 Å². The van der Waals surface area contributed by atoms with Crippen LogP contribution in [0.5, 0.6) is 5.75 Å². The van der Waals surface area contributed by atoms with E-state index in [0.717, 1.165) is 22.6 Å². The van der Waals surface area contributed by atoms with Gasteiger partial charge in [0.05, 0.1) is 18.0 Å². The summed E-state index contributed by atoms with van der Waals surface area (Å²) < 4.78 is 5.16. The standard InChI is InChI=1S/C18H18N2O4/c1-12(21)17-11-19(10-13-3-6-15(24-2)7-4-13)18-8-5-14(20(22)23)9-16(17)18/h3-9,17H,10-11H2,1-2H3. The van der Waals surface area contributed by atoms with E-state index < -0.39 is 4.92 Å². The number of fused-ring (bicyclic) bond motifs is 1. The highest BCUT2D eigenvalue weighted by Gasteiger charge is 2.33. The molecular formula is C18H18N2O4. The topological polar surface area (TPSA) is 72.7 Å². The first-order valence-electron chi connectivity index (χ1n) is 7.66. The van der Waals surface area contributed by atoms with Crippen molar-refractivity contribution < 1.29 is 14.5 Å². The van der Waals surface area contributed by atoms with Crippen LogP contribution < -0.4 is 9.64 Å². The second-order valence-corrected chi connectivity index (χ2v) is 5.89. The van der Waals surface area contributed by atoms with Crippen LogP contribution in [0.15, 0.2) is 42.5 Å². The normalized spacial score (nSPS) is 15.9. The van der Waals surface area contributed by atoms with Gasteiger partial charge in [0.2, 0.25) is 0 Å². The number of carbonyl (C=O) groups excluding carboxylic acids is 1. The third-order valence-corrected chi connectivity index (χ3v) is 4.36. The molecule has 1 atom stereocenters. The van der Waals surface area contributed by atoms with Crippen molar-refractivity contribution in [1.82, 2.24) is 0 Å². The number of nitro groups is 1. The van der Waals surface area contributed by atoms with Gasteiger partial charge in [0.15, 0.2) is 0 Å². The van der Waals surface area contributed by atoms with Gasteiger partial charge in [-0.25, -0.2) is 0 Å². The predicted octanol–water partition coefficient (Wildman–Crippen LogP) is 3.30. The molecule has 1 aliphatic rings. The van der Waals surface area contributed by atoms with Crippen LogP contribution in [0.1, 0.15) is 24.0 Å². The van der Waals surface area contributed by atoms with Gasteiger partial charge < -0.3 is 9.64 Å². The summed E-state index contributed by atoms with van der Waals surface area (Å²) in [5.41, 5.74) is 2.73. The third-order valence-electron chi connectivity index (χ3n) is 4.36. The SMILES string of the molecule is COc1ccc(CN2CC(C(C)=O)c3cc([N+](=O)[O-])ccc32)cc1. The first-order valence-corrected chi connectivity index (χ1v) is 7.66. The molecular weight excluding hydrogens is 308 g/mol. The lowest BCUT2D eigenvalue weighted by molar-refractivity contribution is -0.384. The van der Waals surface area contributed by atoms with E-state index in [0.29, 0.717) is 13.1 Å². The summed E-state index contributed by atoms with van der Waals surface area (Å²) in [6.07, 6.45) is 0. The predicted molar refractivity (Wildman–Crippen MR) is 90.6 cm³/mol. The maximum absolute atomic E-state index is 12.0. The number of Topliss-reactive ketones (excluding diaryl/α,β-unsaturated/α-hetero) is 1. The molecule has 1 heterocycles. The lowest BCUT2D eigenvalue weighted by Crippen LogP contribution is -2.23. The van der Waals surface area contributed by atoms with Crippen LogP contribution in [0.4, 0.5) is 11.4 Å². The van der Waals surface area contributed by atoms with Crippen molar-refractivity contribution in [3.63, 3.8) is 0 Å². The van der Waals surface area contributed by atoms with E-state index in [2.05, 4.69) is 4.90 Å². The zero-order valence-electron chi connectivity index (χ0n) is 13.6. The van der Waals surface area contributed by atoms with E-state index in [1.54, 1.807) is 13.2 Å². The van der Waals surface area contributed by atoms with Crippen LogP contribution >= 0.6 is 0 Å². The number of benzene rings is 2. The van der Waals surface area contributed by atoms with Crippen molar-refractivity contribution in [1.29, 1.82) is 0 Å². The molecule has 0 saturated carbocycles. The van der Waals surface area contributed by atoms with Crippen LogP contribution in [0, 0.1) is 10.1 Å². The molecule has 0 spiro atoms. The Morgan fingerprint density at radius 1 is 1.29 bits per heavy atom. The van der Waals surface area contributed by atoms with Crippen LogP contribution in [0.3, 0.4) is 0 Å². The molecule has 0 N–H and O–H groups in total. The number of hydrogen-bond acceptors (Lipinski definition) is 5. The first kappa shape index (κ1) is 16.0. The summed E-state index contributed by atoms with van der Waals surface area (Å²) in [5, 5.41) is 11.0. The zero-order valence-corrected chi connectivity index (χ0v) is 13.6. The molecule has 0 bridgehead atoms. The maximum Gasteiger partial charge on any atom is 0.269 e. The molecule has 2 aromatic carbocycles. The number of nitro benzene ring substituents is 1. The van der Waals surface area contributed by atoms with Crippen LogP contribution in [-0.4, -0.2) is 24.4 Å². The van der Waals surface area contributed by atoms with Crippen LogP contribution in [0.2, 0.25) is 0 Å². The number of hydrogen-bond donors (Lipinski definition) is 0. The van der Waals surface area contributed by atoms with Crippen molar-refractivity contribution in [2.75, 3.05) is 18.6 Å². The summed E-state index contributed by atoms with van der Waals surface area (Å²) in [5.74, 6) is 0.491. The fourth-order valence-electron chi connectivity index (χ4n) is 3.09. The number of nitrogens with zero attached hydrogens (tertiary/aromatic N) is 2. The largest absolute Gasteiger partial charge is 0.497 e. The Balaban J connectivity index is 1.91. The Morgan fingerprint density at radius 3 is 2.58 bits per heavy atom. The number of non-ortho nitro benzene ring substituents is 1. The Labute approximate surface area is 139 Å². The smallest absolute Gasteiger partial charge is 0.269 e. The van der Waals surface area contributed by atoms with E-state index in [1.165, 1.54) is 19.1 Å². The molecule has 3 rings (SSSR count). The van der Waals surface area contributed by atoms with Gasteiger partial charge in [-0.2, -0.15) is 0 Å². The number of ketones is 1. The number of methoxy groups -OCH3 is 1. The van der Waals surface area contributed by atoms with E-state index in [9.17, 15) is 14.9 Å². The van der Waals surface area contributed by atoms with E-state index >= 15 is 0 Å². The molecule has 2 aromatic rings. The van der Waals surface area contributed by atoms with E-state index in [4.69, 9.17) is 4.74 Å². The molecule has 0 aromatic heterocycles. The third kappa shape index (κ3) is 2.95. The highest BCUT2D eigenvalue weighted by atomic mass is 16.6. The fraction of sp³-hybridized carbons (Fsp3) is 0.278. The number of rotatable bonds is 5. The van der Waals surface area contributed by atoms with Crippen molar-refractivity contribution in [2.45, 2.75) is 19.4 Å². The van der Waals surface area contributed by atoms with Gasteiger partial charge in [0.1, 0.15) is 11.5 Å². The van der Waals surface area contributed by atoms with Gasteiger partial charge in [-0.3, -0.25) is 14.9 Å². The summed E-state index contributed by atoms with van der Waals surface area (Å²) in [4.78, 5) is 24.6. The van der Waals surface area contributed by atoms with Gasteiger partial charge in [-0.05, 0) is 36.2 Å². The molecule has 1 unspecified atom stereocenters. The Bertz CT molecular complexity index is 786. The molecule has 6 heteroatoms. The molecule has 124 valence electrons. The lowest BCUT2D eigenvalue weighted by Gasteiger charge is -2.20. The summed E-state index contributed by atoms with van der Waals surface area (Å²) in [6.45, 7) is 2.71. The Morgan fingerprint density at radius 2 is 2.00 bits per heavy atom. The first-order chi connectivity index (χ1) is 11.5. The van der Waals surface area contributed by atoms with Gasteiger partial charge in [0, 0.05) is 30.9 Å². The molecule has 24 heavy (non-hydrogen) atoms. The Hall–Kier alpha value is -2.89. The Kier molecular flexibility index (Phi) is 4.20. The second-order valence-electron chi connectivity index (χ2n) is 5.89. The minimum absolute atomic E-state index is 0.0197. The highest BCUT2D eigenvalue weighted by Crippen LogP contribution is 2.39.